The number of hydrogen-bond donors (Lipinski definition) is 3. The molecule has 0 radical (unpaired) electrons. The van der Waals surface area contributed by atoms with Gasteiger partial charge in [0.2, 0.25) is 0 Å². The highest BCUT2D eigenvalue weighted by Gasteiger charge is 2.16. The van der Waals surface area contributed by atoms with Gasteiger partial charge in [-0.25, -0.2) is 4.98 Å². The zero-order chi connectivity index (χ0) is 13.8. The van der Waals surface area contributed by atoms with Gasteiger partial charge in [-0.1, -0.05) is 11.6 Å². The molecule has 2 aromatic rings. The minimum atomic E-state index is -0.167. The van der Waals surface area contributed by atoms with Crippen molar-refractivity contribution in [1.82, 2.24) is 10.3 Å². The Bertz CT molecular complexity index is 568. The van der Waals surface area contributed by atoms with Crippen LogP contribution in [0.1, 0.15) is 33.9 Å². The molecule has 0 fully saturated rings. The van der Waals surface area contributed by atoms with Gasteiger partial charge in [-0.2, -0.15) is 0 Å². The van der Waals surface area contributed by atoms with Crippen molar-refractivity contribution in [2.45, 2.75) is 19.9 Å². The molecule has 19 heavy (non-hydrogen) atoms. The quantitative estimate of drug-likeness (QED) is 0.591. The molecule has 1 amide bonds. The first-order chi connectivity index (χ1) is 9.11. The number of nitrogens with one attached hydrogen (secondary N) is 2. The van der Waals surface area contributed by atoms with E-state index in [2.05, 4.69) is 15.7 Å². The molecule has 100 valence electrons. The number of nitrogens with two attached hydrogens (primary N) is 1. The Morgan fingerprint density at radius 2 is 2.26 bits per heavy atom. The molecule has 0 aliphatic rings. The molecular formula is C13H16N4OS. The van der Waals surface area contributed by atoms with Gasteiger partial charge in [-0.15, -0.1) is 11.3 Å². The summed E-state index contributed by atoms with van der Waals surface area (Å²) < 4.78 is 0. The fraction of sp³-hybridized carbons (Fsp3) is 0.231. The first-order valence-electron chi connectivity index (χ1n) is 5.89. The zero-order valence-corrected chi connectivity index (χ0v) is 11.6. The average molecular weight is 276 g/mol. The second-order valence-electron chi connectivity index (χ2n) is 4.26. The smallest absolute Gasteiger partial charge is 0.253 e. The number of amides is 1. The number of benzene rings is 1. The number of aromatic nitrogens is 1. The third kappa shape index (κ3) is 3.10. The normalized spacial score (nSPS) is 11.9. The molecule has 2 rings (SSSR count). The maximum absolute atomic E-state index is 12.3. The largest absolute Gasteiger partial charge is 0.343 e. The zero-order valence-electron chi connectivity index (χ0n) is 10.8. The number of aryl methyl sites for hydroxylation is 1. The Kier molecular flexibility index (Phi) is 4.13. The van der Waals surface area contributed by atoms with Crippen LogP contribution in [0.3, 0.4) is 0 Å². The number of carbonyl (C=O) groups excluding carboxylic acids is 1. The summed E-state index contributed by atoms with van der Waals surface area (Å²) in [7, 11) is 0. The number of rotatable bonds is 4. The first-order valence-corrected chi connectivity index (χ1v) is 6.77. The van der Waals surface area contributed by atoms with Crippen LogP contribution >= 0.6 is 11.3 Å². The van der Waals surface area contributed by atoms with Gasteiger partial charge in [0.25, 0.3) is 5.91 Å². The van der Waals surface area contributed by atoms with E-state index in [9.17, 15) is 4.79 Å². The van der Waals surface area contributed by atoms with E-state index in [0.29, 0.717) is 11.3 Å². The number of nitrogen functional groups attached to an aromatic ring is 1. The lowest BCUT2D eigenvalue weighted by Gasteiger charge is -2.14. The van der Waals surface area contributed by atoms with Crippen LogP contribution in [0.5, 0.6) is 0 Å². The number of thiazole rings is 1. The third-order valence-electron chi connectivity index (χ3n) is 2.74. The lowest BCUT2D eigenvalue weighted by atomic mass is 10.1. The van der Waals surface area contributed by atoms with Crippen molar-refractivity contribution in [3.8, 4) is 0 Å². The second-order valence-corrected chi connectivity index (χ2v) is 5.19. The van der Waals surface area contributed by atoms with Crippen LogP contribution in [-0.4, -0.2) is 10.9 Å². The standard InChI is InChI=1S/C13H16N4OS/c1-8-3-4-11(17-14)10(7-8)12(18)16-9(2)13-15-5-6-19-13/h3-7,9,17H,14H2,1-2H3,(H,16,18). The van der Waals surface area contributed by atoms with Crippen LogP contribution in [0.25, 0.3) is 0 Å². The molecule has 1 aromatic carbocycles. The van der Waals surface area contributed by atoms with Crippen LogP contribution in [0.15, 0.2) is 29.8 Å². The maximum atomic E-state index is 12.3. The molecule has 4 N–H and O–H groups in total. The van der Waals surface area contributed by atoms with E-state index in [0.717, 1.165) is 10.6 Å². The molecule has 6 heteroatoms. The number of anilines is 1. The lowest BCUT2D eigenvalue weighted by Crippen LogP contribution is -2.28. The van der Waals surface area contributed by atoms with Gasteiger partial charge < -0.3 is 10.7 Å². The molecule has 1 heterocycles. The predicted octanol–water partition coefficient (Wildman–Crippen LogP) is 2.23. The van der Waals surface area contributed by atoms with E-state index in [4.69, 9.17) is 5.84 Å². The molecule has 0 bridgehead atoms. The summed E-state index contributed by atoms with van der Waals surface area (Å²) >= 11 is 1.52. The summed E-state index contributed by atoms with van der Waals surface area (Å²) in [5.74, 6) is 5.26. The average Bonchev–Trinajstić information content (AvgIpc) is 2.92. The van der Waals surface area contributed by atoms with Crippen molar-refractivity contribution >= 4 is 22.9 Å². The van der Waals surface area contributed by atoms with Crippen LogP contribution in [-0.2, 0) is 0 Å². The molecule has 5 nitrogen and oxygen atoms in total. The third-order valence-corrected chi connectivity index (χ3v) is 3.70. The Morgan fingerprint density at radius 3 is 2.89 bits per heavy atom. The highest BCUT2D eigenvalue weighted by atomic mass is 32.1. The molecule has 0 spiro atoms. The highest BCUT2D eigenvalue weighted by Crippen LogP contribution is 2.19. The SMILES string of the molecule is Cc1ccc(NN)c(C(=O)NC(C)c2nccs2)c1. The fourth-order valence-electron chi connectivity index (χ4n) is 1.76. The molecule has 0 aliphatic heterocycles. The number of carbonyl (C=O) groups is 1. The van der Waals surface area contributed by atoms with Crippen molar-refractivity contribution in [1.29, 1.82) is 0 Å². The molecule has 1 aromatic heterocycles. The van der Waals surface area contributed by atoms with E-state index in [1.807, 2.05) is 25.3 Å². The molecule has 1 atom stereocenters. The van der Waals surface area contributed by atoms with E-state index in [1.165, 1.54) is 11.3 Å². The van der Waals surface area contributed by atoms with Crippen LogP contribution < -0.4 is 16.6 Å². The first kappa shape index (κ1) is 13.5. The minimum Gasteiger partial charge on any atom is -0.343 e. The van der Waals surface area contributed by atoms with Gasteiger partial charge in [0.05, 0.1) is 17.3 Å². The minimum absolute atomic E-state index is 0.126. The number of hydrogen-bond acceptors (Lipinski definition) is 5. The summed E-state index contributed by atoms with van der Waals surface area (Å²) in [5.41, 5.74) is 4.68. The monoisotopic (exact) mass is 276 g/mol. The van der Waals surface area contributed by atoms with Gasteiger partial charge >= 0.3 is 0 Å². The molecule has 1 unspecified atom stereocenters. The Hall–Kier alpha value is -1.92. The second kappa shape index (κ2) is 5.81. The maximum Gasteiger partial charge on any atom is 0.253 e. The Morgan fingerprint density at radius 1 is 1.47 bits per heavy atom. The van der Waals surface area contributed by atoms with E-state index >= 15 is 0 Å². The summed E-state index contributed by atoms with van der Waals surface area (Å²) in [6.45, 7) is 3.84. The molecule has 0 saturated heterocycles. The van der Waals surface area contributed by atoms with E-state index < -0.39 is 0 Å². The van der Waals surface area contributed by atoms with Crippen molar-refractivity contribution in [2.24, 2.45) is 5.84 Å². The molecule has 0 aliphatic carbocycles. The molecule has 0 saturated carbocycles. The van der Waals surface area contributed by atoms with Crippen LogP contribution in [0, 0.1) is 6.92 Å². The topological polar surface area (TPSA) is 80.0 Å². The van der Waals surface area contributed by atoms with Crippen molar-refractivity contribution in [3.63, 3.8) is 0 Å². The fourth-order valence-corrected chi connectivity index (χ4v) is 2.40. The van der Waals surface area contributed by atoms with Gasteiger partial charge in [0, 0.05) is 11.6 Å². The Labute approximate surface area is 115 Å². The van der Waals surface area contributed by atoms with E-state index in [1.54, 1.807) is 18.3 Å². The predicted molar refractivity (Wildman–Crippen MR) is 77.0 cm³/mol. The van der Waals surface area contributed by atoms with Gasteiger partial charge in [-0.3, -0.25) is 10.6 Å². The van der Waals surface area contributed by atoms with Crippen molar-refractivity contribution in [3.05, 3.63) is 45.9 Å². The lowest BCUT2D eigenvalue weighted by molar-refractivity contribution is 0.0940. The Balaban J connectivity index is 2.18. The number of nitrogens with zero attached hydrogens (tertiary/aromatic N) is 1. The van der Waals surface area contributed by atoms with Gasteiger partial charge in [-0.05, 0) is 26.0 Å². The summed E-state index contributed by atoms with van der Waals surface area (Å²) in [5, 5.41) is 5.68. The summed E-state index contributed by atoms with van der Waals surface area (Å²) in [6, 6.07) is 5.37. The summed E-state index contributed by atoms with van der Waals surface area (Å²) in [4.78, 5) is 16.4. The number of hydrazine groups is 1. The van der Waals surface area contributed by atoms with Crippen molar-refractivity contribution in [2.75, 3.05) is 5.43 Å². The summed E-state index contributed by atoms with van der Waals surface area (Å²) in [6.07, 6.45) is 1.72. The van der Waals surface area contributed by atoms with E-state index in [-0.39, 0.29) is 11.9 Å². The molecular weight excluding hydrogens is 260 g/mol. The highest BCUT2D eigenvalue weighted by molar-refractivity contribution is 7.09. The van der Waals surface area contributed by atoms with Crippen LogP contribution in [0.2, 0.25) is 0 Å². The van der Waals surface area contributed by atoms with Gasteiger partial charge in [0.15, 0.2) is 0 Å². The van der Waals surface area contributed by atoms with Crippen molar-refractivity contribution < 1.29 is 4.79 Å². The van der Waals surface area contributed by atoms with Crippen LogP contribution in [0.4, 0.5) is 5.69 Å². The van der Waals surface area contributed by atoms with Gasteiger partial charge in [0.1, 0.15) is 5.01 Å².